The number of amides is 6. The molecule has 0 spiro atoms. The monoisotopic (exact) mass is 796 g/mol. The molecule has 5 aromatic rings. The van der Waals surface area contributed by atoms with E-state index in [1.165, 1.54) is 51.4 Å². The fourth-order valence-electron chi connectivity index (χ4n) is 6.95. The van der Waals surface area contributed by atoms with Gasteiger partial charge < -0.3 is 21.3 Å². The topological polar surface area (TPSA) is 202 Å². The third-order valence-electron chi connectivity index (χ3n) is 9.92. The van der Waals surface area contributed by atoms with Crippen molar-refractivity contribution < 1.29 is 23.6 Å². The average Bonchev–Trinajstić information content (AvgIpc) is 3.50. The maximum Gasteiger partial charge on any atom is 0.324 e. The SMILES string of the molecule is Cc1nc(NC(=O)N2CCC[C@H]2C(N)=O)sc1-c1ccnc(-c2ccccc2F)c1.Cc1nc(NC(=O)N2CCC[C@H]2C(N)=O)sc1-c1ccnc(C2CC2)c1. The minimum absolute atomic E-state index is 0.319. The maximum atomic E-state index is 14.1. The van der Waals surface area contributed by atoms with Crippen molar-refractivity contribution in [3.8, 4) is 32.1 Å². The van der Waals surface area contributed by atoms with Crippen molar-refractivity contribution in [2.45, 2.75) is 70.4 Å². The summed E-state index contributed by atoms with van der Waals surface area (Å²) in [5.41, 5.74) is 16.3. The smallest absolute Gasteiger partial charge is 0.324 e. The summed E-state index contributed by atoms with van der Waals surface area (Å²) in [6, 6.07) is 12.3. The van der Waals surface area contributed by atoms with Gasteiger partial charge in [0.25, 0.3) is 0 Å². The lowest BCUT2D eigenvalue weighted by molar-refractivity contribution is -0.122. The predicted molar refractivity (Wildman–Crippen MR) is 213 cm³/mol. The minimum Gasteiger partial charge on any atom is -0.368 e. The Kier molecular flexibility index (Phi) is 11.3. The number of nitrogens with two attached hydrogens (primary N) is 2. The zero-order chi connectivity index (χ0) is 39.5. The molecule has 2 atom stereocenters. The molecule has 4 aromatic heterocycles. The molecule has 3 fully saturated rings. The van der Waals surface area contributed by atoms with E-state index in [1.54, 1.807) is 30.5 Å². The number of thiazole rings is 2. The van der Waals surface area contributed by atoms with Crippen LogP contribution in [0.3, 0.4) is 0 Å². The highest BCUT2D eigenvalue weighted by Crippen LogP contribution is 2.41. The highest BCUT2D eigenvalue weighted by Gasteiger charge is 2.34. The number of aromatic nitrogens is 4. The van der Waals surface area contributed by atoms with Gasteiger partial charge in [-0.05, 0) is 99.9 Å². The number of aryl methyl sites for hydroxylation is 2. The Labute approximate surface area is 330 Å². The van der Waals surface area contributed by atoms with E-state index in [2.05, 4.69) is 36.6 Å². The van der Waals surface area contributed by atoms with E-state index in [4.69, 9.17) is 11.5 Å². The highest BCUT2D eigenvalue weighted by molar-refractivity contribution is 7.19. The van der Waals surface area contributed by atoms with E-state index < -0.39 is 29.9 Å². The number of nitrogens with zero attached hydrogens (tertiary/aromatic N) is 6. The van der Waals surface area contributed by atoms with Crippen molar-refractivity contribution in [1.29, 1.82) is 0 Å². The van der Waals surface area contributed by atoms with Gasteiger partial charge in [-0.2, -0.15) is 0 Å². The van der Waals surface area contributed by atoms with Crippen molar-refractivity contribution in [3.63, 3.8) is 0 Å². The molecule has 6 N–H and O–H groups in total. The summed E-state index contributed by atoms with van der Waals surface area (Å²) >= 11 is 2.75. The molecular weight excluding hydrogens is 756 g/mol. The van der Waals surface area contributed by atoms with Crippen molar-refractivity contribution in [3.05, 3.63) is 83.8 Å². The number of pyridine rings is 2. The van der Waals surface area contributed by atoms with Crippen LogP contribution in [0, 0.1) is 19.7 Å². The third-order valence-corrected chi connectivity index (χ3v) is 12.2. The quantitative estimate of drug-likeness (QED) is 0.133. The van der Waals surface area contributed by atoms with Gasteiger partial charge in [0.05, 0.1) is 26.8 Å². The van der Waals surface area contributed by atoms with E-state index in [0.717, 1.165) is 50.8 Å². The molecule has 56 heavy (non-hydrogen) atoms. The molecule has 2 aliphatic heterocycles. The van der Waals surface area contributed by atoms with Crippen LogP contribution >= 0.6 is 22.7 Å². The van der Waals surface area contributed by atoms with Gasteiger partial charge in [0.15, 0.2) is 10.3 Å². The number of anilines is 2. The first-order chi connectivity index (χ1) is 27.0. The van der Waals surface area contributed by atoms with Crippen LogP contribution in [0.15, 0.2) is 60.9 Å². The standard InChI is InChI=1S/C21H20FN5O2S.C18H21N5O2S/c1-12-18(13-8-9-24-16(11-13)14-5-2-3-6-15(14)22)30-20(25-12)26-21(29)27-10-4-7-17(27)19(23)28;1-10-15(12-6-7-20-13(9-12)11-4-5-11)26-17(21-10)22-18(25)23-8-2-3-14(23)16(19)24/h2-3,5-6,8-9,11,17H,4,7,10H2,1H3,(H2,23,28)(H,25,26,29);6-7,9,11,14H,2-5,8H2,1H3,(H2,19,24)(H,21,22,25)/t17-;14-/m00/s1. The number of urea groups is 2. The van der Waals surface area contributed by atoms with E-state index in [-0.39, 0.29) is 11.8 Å². The van der Waals surface area contributed by atoms with Crippen LogP contribution in [-0.4, -0.2) is 78.8 Å². The Morgan fingerprint density at radius 2 is 1.25 bits per heavy atom. The summed E-state index contributed by atoms with van der Waals surface area (Å²) in [5, 5.41) is 6.54. The fraction of sp³-hybridized carbons (Fsp3) is 0.333. The second kappa shape index (κ2) is 16.5. The summed E-state index contributed by atoms with van der Waals surface area (Å²) in [6.45, 7) is 4.78. The fourth-order valence-corrected chi connectivity index (χ4v) is 8.86. The van der Waals surface area contributed by atoms with E-state index in [0.29, 0.717) is 53.4 Å². The molecule has 0 radical (unpaired) electrons. The molecule has 0 unspecified atom stereocenters. The lowest BCUT2D eigenvalue weighted by atomic mass is 10.1. The molecule has 0 bridgehead atoms. The molecule has 3 aliphatic rings. The van der Waals surface area contributed by atoms with E-state index >= 15 is 0 Å². The molecular formula is C39H41FN10O4S2. The van der Waals surface area contributed by atoms with Crippen molar-refractivity contribution in [2.75, 3.05) is 23.7 Å². The minimum atomic E-state index is -0.589. The Balaban J connectivity index is 0.000000173. The Morgan fingerprint density at radius 3 is 1.77 bits per heavy atom. The van der Waals surface area contributed by atoms with Gasteiger partial charge in [-0.25, -0.2) is 23.9 Å². The van der Waals surface area contributed by atoms with Crippen molar-refractivity contribution >= 4 is 56.8 Å². The molecule has 1 aromatic carbocycles. The van der Waals surface area contributed by atoms with E-state index in [1.807, 2.05) is 32.2 Å². The second-order valence-electron chi connectivity index (χ2n) is 13.9. The van der Waals surface area contributed by atoms with Crippen molar-refractivity contribution in [2.24, 2.45) is 11.5 Å². The number of nitrogens with one attached hydrogen (secondary N) is 2. The molecule has 1 aliphatic carbocycles. The molecule has 6 heterocycles. The molecule has 1 saturated carbocycles. The van der Waals surface area contributed by atoms with Gasteiger partial charge in [0.1, 0.15) is 17.9 Å². The summed E-state index contributed by atoms with van der Waals surface area (Å²) in [4.78, 5) is 70.6. The first kappa shape index (κ1) is 38.5. The number of primary amides is 2. The number of carbonyl (C=O) groups excluding carboxylic acids is 4. The van der Waals surface area contributed by atoms with Gasteiger partial charge >= 0.3 is 12.1 Å². The molecule has 14 nitrogen and oxygen atoms in total. The number of benzene rings is 1. The molecule has 8 rings (SSSR count). The van der Waals surface area contributed by atoms with Crippen molar-refractivity contribution in [1.82, 2.24) is 29.7 Å². The summed E-state index contributed by atoms with van der Waals surface area (Å²) in [7, 11) is 0. The van der Waals surface area contributed by atoms with Gasteiger partial charge in [-0.1, -0.05) is 34.8 Å². The van der Waals surface area contributed by atoms with Gasteiger partial charge in [0, 0.05) is 42.7 Å². The lowest BCUT2D eigenvalue weighted by Crippen LogP contribution is -2.45. The molecule has 2 saturated heterocycles. The average molecular weight is 797 g/mol. The van der Waals surface area contributed by atoms with Crippen LogP contribution in [-0.2, 0) is 9.59 Å². The maximum absolute atomic E-state index is 14.1. The number of rotatable bonds is 8. The third kappa shape index (κ3) is 8.53. The zero-order valence-corrected chi connectivity index (χ0v) is 32.5. The molecule has 290 valence electrons. The normalized spacial score (nSPS) is 17.6. The largest absolute Gasteiger partial charge is 0.368 e. The summed E-state index contributed by atoms with van der Waals surface area (Å²) in [6.07, 6.45) is 8.57. The zero-order valence-electron chi connectivity index (χ0n) is 30.8. The van der Waals surface area contributed by atoms with Crippen LogP contribution in [0.2, 0.25) is 0 Å². The van der Waals surface area contributed by atoms with Crippen LogP contribution in [0.25, 0.3) is 32.1 Å². The summed E-state index contributed by atoms with van der Waals surface area (Å²) in [5.74, 6) is -0.719. The number of halogens is 1. The molecule has 6 amide bonds. The second-order valence-corrected chi connectivity index (χ2v) is 15.9. The highest BCUT2D eigenvalue weighted by atomic mass is 32.1. The Morgan fingerprint density at radius 1 is 0.732 bits per heavy atom. The van der Waals surface area contributed by atoms with E-state index in [9.17, 15) is 23.6 Å². The van der Waals surface area contributed by atoms with Gasteiger partial charge in [-0.3, -0.25) is 30.2 Å². The van der Waals surface area contributed by atoms with Crippen LogP contribution in [0.5, 0.6) is 0 Å². The molecule has 17 heteroatoms. The number of hydrogen-bond acceptors (Lipinski definition) is 10. The van der Waals surface area contributed by atoms with Crippen LogP contribution in [0.1, 0.15) is 61.5 Å². The Bertz CT molecular complexity index is 2290. The first-order valence-corrected chi connectivity index (χ1v) is 20.0. The number of hydrogen-bond donors (Lipinski definition) is 4. The number of carbonyl (C=O) groups is 4. The van der Waals surface area contributed by atoms with Gasteiger partial charge in [-0.15, -0.1) is 0 Å². The van der Waals surface area contributed by atoms with Crippen LogP contribution in [0.4, 0.5) is 24.2 Å². The van der Waals surface area contributed by atoms with Gasteiger partial charge in [0.2, 0.25) is 11.8 Å². The Hall–Kier alpha value is -5.81. The van der Waals surface area contributed by atoms with Crippen LogP contribution < -0.4 is 22.1 Å². The lowest BCUT2D eigenvalue weighted by Gasteiger charge is -2.21. The first-order valence-electron chi connectivity index (χ1n) is 18.3. The predicted octanol–water partition coefficient (Wildman–Crippen LogP) is 6.67. The summed E-state index contributed by atoms with van der Waals surface area (Å²) < 4.78 is 14.1. The number of likely N-dealkylation sites (tertiary alicyclic amines) is 2.